The van der Waals surface area contributed by atoms with E-state index in [4.69, 9.17) is 0 Å². The molecule has 2 atom stereocenters. The summed E-state index contributed by atoms with van der Waals surface area (Å²) in [6.45, 7) is 0. The molecule has 0 aliphatic carbocycles. The van der Waals surface area contributed by atoms with Crippen LogP contribution in [0.2, 0.25) is 0 Å². The predicted molar refractivity (Wildman–Crippen MR) is 105 cm³/mol. The second-order valence-electron chi connectivity index (χ2n) is 7.65. The topological polar surface area (TPSA) is 79.8 Å². The molecule has 2 bridgehead atoms. The van der Waals surface area contributed by atoms with Crippen molar-refractivity contribution < 1.29 is 0 Å². The van der Waals surface area contributed by atoms with Crippen molar-refractivity contribution in [1.29, 1.82) is 0 Å². The quantitative estimate of drug-likeness (QED) is 0.734. The minimum absolute atomic E-state index is 0.128. The van der Waals surface area contributed by atoms with E-state index in [0.717, 1.165) is 36.7 Å². The lowest BCUT2D eigenvalue weighted by molar-refractivity contribution is 0.189. The van der Waals surface area contributed by atoms with Gasteiger partial charge in [-0.1, -0.05) is 18.6 Å². The van der Waals surface area contributed by atoms with Gasteiger partial charge in [-0.25, -0.2) is 4.98 Å². The molecular formula is C21H22N4O2. The van der Waals surface area contributed by atoms with Crippen molar-refractivity contribution in [3.63, 3.8) is 0 Å². The molecule has 2 aliphatic rings. The number of H-pyrrole nitrogens is 1. The number of hydrogen-bond acceptors (Lipinski definition) is 4. The molecule has 2 unspecified atom stereocenters. The van der Waals surface area contributed by atoms with E-state index in [1.807, 2.05) is 28.8 Å². The number of hydrogen-bond donors (Lipinski definition) is 2. The predicted octanol–water partition coefficient (Wildman–Crippen LogP) is 2.60. The van der Waals surface area contributed by atoms with Crippen molar-refractivity contribution >= 4 is 11.0 Å². The van der Waals surface area contributed by atoms with E-state index >= 15 is 0 Å². The van der Waals surface area contributed by atoms with Crippen LogP contribution in [-0.4, -0.2) is 26.6 Å². The number of pyridine rings is 1. The summed E-state index contributed by atoms with van der Waals surface area (Å²) in [5.74, 6) is 0. The lowest BCUT2D eigenvalue weighted by Gasteiger charge is -2.41. The van der Waals surface area contributed by atoms with Crippen LogP contribution in [0.4, 0.5) is 0 Å². The van der Waals surface area contributed by atoms with E-state index in [1.54, 1.807) is 18.3 Å². The number of nitrogens with zero attached hydrogens (tertiary/aromatic N) is 2. The maximum absolute atomic E-state index is 13.5. The summed E-state index contributed by atoms with van der Waals surface area (Å²) >= 11 is 0. The first-order valence-corrected chi connectivity index (χ1v) is 9.66. The van der Waals surface area contributed by atoms with E-state index in [2.05, 4.69) is 15.3 Å². The minimum atomic E-state index is -0.286. The molecule has 1 aromatic carbocycles. The maximum Gasteiger partial charge on any atom is 0.278 e. The summed E-state index contributed by atoms with van der Waals surface area (Å²) in [6, 6.07) is 12.2. The molecule has 2 N–H and O–H groups in total. The molecule has 6 nitrogen and oxygen atoms in total. The van der Waals surface area contributed by atoms with Crippen molar-refractivity contribution in [2.24, 2.45) is 0 Å². The Bertz CT molecular complexity index is 1100. The van der Waals surface area contributed by atoms with E-state index in [-0.39, 0.29) is 22.9 Å². The molecule has 138 valence electrons. The van der Waals surface area contributed by atoms with Gasteiger partial charge >= 0.3 is 0 Å². The zero-order valence-electron chi connectivity index (χ0n) is 15.0. The van der Waals surface area contributed by atoms with Crippen LogP contribution in [-0.2, 0) is 0 Å². The summed E-state index contributed by atoms with van der Waals surface area (Å²) in [6.07, 6.45) is 7.03. The summed E-state index contributed by atoms with van der Waals surface area (Å²) in [5, 5.41) is 3.69. The number of aromatic nitrogens is 3. The first kappa shape index (κ1) is 16.4. The number of para-hydroxylation sites is 2. The van der Waals surface area contributed by atoms with E-state index in [9.17, 15) is 9.59 Å². The fourth-order valence-electron chi connectivity index (χ4n) is 4.75. The van der Waals surface area contributed by atoms with Gasteiger partial charge in [-0.2, -0.15) is 0 Å². The Morgan fingerprint density at radius 2 is 1.78 bits per heavy atom. The zero-order chi connectivity index (χ0) is 18.4. The summed E-state index contributed by atoms with van der Waals surface area (Å²) in [5.41, 5.74) is 1.71. The molecule has 2 saturated heterocycles. The third-order valence-corrected chi connectivity index (χ3v) is 5.92. The highest BCUT2D eigenvalue weighted by Gasteiger charge is 2.33. The van der Waals surface area contributed by atoms with Crippen LogP contribution >= 0.6 is 0 Å². The number of nitrogens with one attached hydrogen (secondary N) is 2. The number of fused-ring (bicyclic) bond motifs is 3. The van der Waals surface area contributed by atoms with Gasteiger partial charge in [0.05, 0.1) is 16.6 Å². The molecule has 0 amide bonds. The summed E-state index contributed by atoms with van der Waals surface area (Å²) in [7, 11) is 0. The Balaban J connectivity index is 1.74. The standard InChI is InChI=1S/C21H22N4O2/c26-20-16(7-4-10-22-20)19-21(27)25(18-9-2-1-8-17(18)24-19)15-11-13-5-3-6-14(12-15)23-13/h1-2,4,7-10,13-15,23H,3,5-6,11-12H2,(H,22,26). The van der Waals surface area contributed by atoms with Gasteiger partial charge in [-0.15, -0.1) is 0 Å². The van der Waals surface area contributed by atoms with E-state index in [0.29, 0.717) is 17.6 Å². The van der Waals surface area contributed by atoms with Crippen molar-refractivity contribution in [3.05, 3.63) is 63.3 Å². The summed E-state index contributed by atoms with van der Waals surface area (Å²) in [4.78, 5) is 33.0. The number of aromatic amines is 1. The van der Waals surface area contributed by atoms with Crippen molar-refractivity contribution in [2.45, 2.75) is 50.2 Å². The largest absolute Gasteiger partial charge is 0.329 e. The lowest BCUT2D eigenvalue weighted by atomic mass is 9.84. The van der Waals surface area contributed by atoms with Gasteiger partial charge in [0.1, 0.15) is 5.69 Å². The SMILES string of the molecule is O=c1[nH]cccc1-c1nc2ccccc2n(C2CC3CCCC(C2)N3)c1=O. The highest BCUT2D eigenvalue weighted by molar-refractivity contribution is 5.77. The molecule has 5 rings (SSSR count). The average molecular weight is 362 g/mol. The molecule has 4 heterocycles. The lowest BCUT2D eigenvalue weighted by Crippen LogP contribution is -2.50. The normalized spacial score (nSPS) is 24.8. The highest BCUT2D eigenvalue weighted by atomic mass is 16.1. The van der Waals surface area contributed by atoms with Gasteiger partial charge in [0.2, 0.25) is 0 Å². The monoisotopic (exact) mass is 362 g/mol. The van der Waals surface area contributed by atoms with Crippen molar-refractivity contribution in [2.75, 3.05) is 0 Å². The first-order chi connectivity index (χ1) is 13.2. The van der Waals surface area contributed by atoms with Crippen LogP contribution in [0.3, 0.4) is 0 Å². The molecule has 27 heavy (non-hydrogen) atoms. The van der Waals surface area contributed by atoms with Gasteiger partial charge in [-0.05, 0) is 49.9 Å². The molecule has 0 spiro atoms. The molecule has 2 aliphatic heterocycles. The van der Waals surface area contributed by atoms with Crippen LogP contribution in [0.5, 0.6) is 0 Å². The average Bonchev–Trinajstić information content (AvgIpc) is 2.68. The van der Waals surface area contributed by atoms with Crippen molar-refractivity contribution in [3.8, 4) is 11.3 Å². The molecular weight excluding hydrogens is 340 g/mol. The maximum atomic E-state index is 13.5. The molecule has 2 aromatic heterocycles. The van der Waals surface area contributed by atoms with Crippen LogP contribution in [0.1, 0.15) is 38.1 Å². The van der Waals surface area contributed by atoms with Gasteiger partial charge < -0.3 is 14.9 Å². The highest BCUT2D eigenvalue weighted by Crippen LogP contribution is 2.33. The Morgan fingerprint density at radius 3 is 2.56 bits per heavy atom. The summed E-state index contributed by atoms with van der Waals surface area (Å²) < 4.78 is 1.90. The van der Waals surface area contributed by atoms with E-state index < -0.39 is 0 Å². The molecule has 0 radical (unpaired) electrons. The second kappa shape index (κ2) is 6.46. The van der Waals surface area contributed by atoms with Crippen LogP contribution in [0, 0.1) is 0 Å². The number of rotatable bonds is 2. The fourth-order valence-corrected chi connectivity index (χ4v) is 4.75. The second-order valence-corrected chi connectivity index (χ2v) is 7.65. The van der Waals surface area contributed by atoms with Crippen LogP contribution in [0.15, 0.2) is 52.2 Å². The Kier molecular flexibility index (Phi) is 3.93. The number of benzene rings is 1. The molecule has 6 heteroatoms. The number of piperidine rings is 2. The third kappa shape index (κ3) is 2.80. The fraction of sp³-hybridized carbons (Fsp3) is 0.381. The van der Waals surface area contributed by atoms with Crippen LogP contribution in [0.25, 0.3) is 22.3 Å². The minimum Gasteiger partial charge on any atom is -0.329 e. The Hall–Kier alpha value is -2.73. The van der Waals surface area contributed by atoms with E-state index in [1.165, 1.54) is 6.42 Å². The van der Waals surface area contributed by atoms with Gasteiger partial charge in [-0.3, -0.25) is 9.59 Å². The molecule has 3 aromatic rings. The van der Waals surface area contributed by atoms with Gasteiger partial charge in [0.25, 0.3) is 11.1 Å². The van der Waals surface area contributed by atoms with Crippen molar-refractivity contribution in [1.82, 2.24) is 19.9 Å². The smallest absolute Gasteiger partial charge is 0.278 e. The zero-order valence-corrected chi connectivity index (χ0v) is 15.0. The van der Waals surface area contributed by atoms with Gasteiger partial charge in [0, 0.05) is 24.3 Å². The van der Waals surface area contributed by atoms with Crippen LogP contribution < -0.4 is 16.4 Å². The van der Waals surface area contributed by atoms with Gasteiger partial charge in [0.15, 0.2) is 0 Å². The molecule has 2 fully saturated rings. The third-order valence-electron chi connectivity index (χ3n) is 5.92. The Morgan fingerprint density at radius 1 is 1.00 bits per heavy atom. The first-order valence-electron chi connectivity index (χ1n) is 9.66. The molecule has 0 saturated carbocycles. The Labute approximate surface area is 156 Å².